The van der Waals surface area contributed by atoms with Gasteiger partial charge >= 0.3 is 5.97 Å². The highest BCUT2D eigenvalue weighted by molar-refractivity contribution is 5.90. The summed E-state index contributed by atoms with van der Waals surface area (Å²) in [5.74, 6) is -0.302. The van der Waals surface area contributed by atoms with Crippen molar-refractivity contribution < 1.29 is 9.53 Å². The summed E-state index contributed by atoms with van der Waals surface area (Å²) in [5.41, 5.74) is 6.97. The average Bonchev–Trinajstić information content (AvgIpc) is 2.18. The molecule has 0 aliphatic rings. The van der Waals surface area contributed by atoms with Crippen LogP contribution in [0, 0.1) is 0 Å². The molecule has 0 aromatic heterocycles. The first kappa shape index (κ1) is 12.9. The number of nitrogens with two attached hydrogens (primary N) is 1. The van der Waals surface area contributed by atoms with Crippen LogP contribution in [0.3, 0.4) is 0 Å². The van der Waals surface area contributed by atoms with Crippen molar-refractivity contribution in [2.24, 2.45) is 5.73 Å². The Morgan fingerprint density at radius 3 is 2.64 bits per heavy atom. The Morgan fingerprint density at radius 1 is 1.43 bits per heavy atom. The van der Waals surface area contributed by atoms with E-state index in [1.165, 1.54) is 7.11 Å². The van der Waals surface area contributed by atoms with Crippen LogP contribution in [0.5, 0.6) is 0 Å². The zero-order chi connectivity index (χ0) is 9.68. The smallest absolute Gasteiger partial charge is 0.338 e. The molecule has 14 heavy (non-hydrogen) atoms. The Morgan fingerprint density at radius 2 is 2.07 bits per heavy atom. The van der Waals surface area contributed by atoms with Gasteiger partial charge in [-0.2, -0.15) is 0 Å². The molecule has 0 heterocycles. The van der Waals surface area contributed by atoms with Gasteiger partial charge in [0.2, 0.25) is 0 Å². The van der Waals surface area contributed by atoms with Crippen LogP contribution in [0.2, 0.25) is 0 Å². The molecule has 0 saturated heterocycles. The van der Waals surface area contributed by atoms with Crippen LogP contribution in [0.1, 0.15) is 15.9 Å². The molecule has 0 unspecified atom stereocenters. The van der Waals surface area contributed by atoms with Crippen LogP contribution in [0.25, 0.3) is 0 Å². The van der Waals surface area contributed by atoms with E-state index in [1.54, 1.807) is 6.07 Å². The van der Waals surface area contributed by atoms with Crippen molar-refractivity contribution in [2.45, 2.75) is 6.42 Å². The number of carbonyl (C=O) groups is 1. The lowest BCUT2D eigenvalue weighted by atomic mass is 10.1. The third kappa shape index (κ3) is 3.01. The van der Waals surface area contributed by atoms with Crippen molar-refractivity contribution >= 4 is 18.4 Å². The Balaban J connectivity index is 0.00000169. The number of hydrogen-bond acceptors (Lipinski definition) is 3. The Labute approximate surface area is 89.7 Å². The van der Waals surface area contributed by atoms with E-state index in [0.29, 0.717) is 18.5 Å². The lowest BCUT2D eigenvalue weighted by Crippen LogP contribution is -2.09. The minimum absolute atomic E-state index is 0. The minimum Gasteiger partial charge on any atom is -0.465 e. The maximum atomic E-state index is 11.2. The first-order valence-electron chi connectivity index (χ1n) is 4.16. The average molecular weight is 216 g/mol. The van der Waals surface area contributed by atoms with Gasteiger partial charge in [-0.05, 0) is 24.6 Å². The van der Waals surface area contributed by atoms with E-state index < -0.39 is 0 Å². The van der Waals surface area contributed by atoms with Crippen molar-refractivity contribution in [3.05, 3.63) is 35.4 Å². The molecule has 2 N–H and O–H groups in total. The molecule has 0 aliphatic heterocycles. The highest BCUT2D eigenvalue weighted by Gasteiger charge is 2.09. The second-order valence-corrected chi connectivity index (χ2v) is 2.69. The van der Waals surface area contributed by atoms with Crippen LogP contribution in [-0.2, 0) is 11.2 Å². The summed E-state index contributed by atoms with van der Waals surface area (Å²) < 4.78 is 4.64. The molecule has 78 valence electrons. The normalized spacial score (nSPS) is 9.00. The Hall–Kier alpha value is -1.06. The zero-order valence-corrected chi connectivity index (χ0v) is 8.84. The maximum Gasteiger partial charge on any atom is 0.338 e. The summed E-state index contributed by atoms with van der Waals surface area (Å²) in [6, 6.07) is 7.33. The van der Waals surface area contributed by atoms with Gasteiger partial charge in [-0.3, -0.25) is 0 Å². The summed E-state index contributed by atoms with van der Waals surface area (Å²) in [5, 5.41) is 0. The molecule has 1 aromatic carbocycles. The van der Waals surface area contributed by atoms with Gasteiger partial charge in [0.05, 0.1) is 12.7 Å². The van der Waals surface area contributed by atoms with Gasteiger partial charge in [0.1, 0.15) is 0 Å². The lowest BCUT2D eigenvalue weighted by molar-refractivity contribution is 0.0599. The Kier molecular flexibility index (Phi) is 5.92. The third-order valence-corrected chi connectivity index (χ3v) is 1.84. The summed E-state index contributed by atoms with van der Waals surface area (Å²) in [6.07, 6.45) is 0.700. The van der Waals surface area contributed by atoms with Gasteiger partial charge in [0.25, 0.3) is 0 Å². The van der Waals surface area contributed by atoms with Gasteiger partial charge in [-0.15, -0.1) is 12.4 Å². The quantitative estimate of drug-likeness (QED) is 0.776. The van der Waals surface area contributed by atoms with Gasteiger partial charge in [0, 0.05) is 0 Å². The summed E-state index contributed by atoms with van der Waals surface area (Å²) in [4.78, 5) is 11.2. The monoisotopic (exact) mass is 215 g/mol. The molecule has 4 heteroatoms. The molecule has 1 rings (SSSR count). The van der Waals surface area contributed by atoms with E-state index in [0.717, 1.165) is 5.56 Å². The van der Waals surface area contributed by atoms with Crippen molar-refractivity contribution in [3.63, 3.8) is 0 Å². The van der Waals surface area contributed by atoms with Crippen LogP contribution in [-0.4, -0.2) is 19.6 Å². The van der Waals surface area contributed by atoms with Crippen molar-refractivity contribution in [1.29, 1.82) is 0 Å². The first-order valence-corrected chi connectivity index (χ1v) is 4.16. The van der Waals surface area contributed by atoms with Crippen LogP contribution in [0.4, 0.5) is 0 Å². The second-order valence-electron chi connectivity index (χ2n) is 2.69. The molecular formula is C10H14ClNO2. The second kappa shape index (κ2) is 6.40. The fourth-order valence-electron chi connectivity index (χ4n) is 1.20. The highest BCUT2D eigenvalue weighted by Crippen LogP contribution is 2.09. The van der Waals surface area contributed by atoms with E-state index in [2.05, 4.69) is 4.74 Å². The van der Waals surface area contributed by atoms with Crippen molar-refractivity contribution in [3.8, 4) is 0 Å². The molecule has 0 radical (unpaired) electrons. The molecule has 1 aromatic rings. The first-order chi connectivity index (χ1) is 6.29. The van der Waals surface area contributed by atoms with E-state index in [1.807, 2.05) is 18.2 Å². The molecule has 0 bridgehead atoms. The zero-order valence-electron chi connectivity index (χ0n) is 8.03. The number of ether oxygens (including phenoxy) is 1. The van der Waals surface area contributed by atoms with E-state index in [9.17, 15) is 4.79 Å². The van der Waals surface area contributed by atoms with Crippen LogP contribution >= 0.6 is 12.4 Å². The largest absolute Gasteiger partial charge is 0.465 e. The van der Waals surface area contributed by atoms with E-state index >= 15 is 0 Å². The maximum absolute atomic E-state index is 11.2. The third-order valence-electron chi connectivity index (χ3n) is 1.84. The number of halogens is 1. The van der Waals surface area contributed by atoms with Gasteiger partial charge in [0.15, 0.2) is 0 Å². The van der Waals surface area contributed by atoms with Crippen LogP contribution < -0.4 is 5.73 Å². The number of carbonyl (C=O) groups excluding carboxylic acids is 1. The predicted molar refractivity (Wildman–Crippen MR) is 57.8 cm³/mol. The molecule has 0 spiro atoms. The summed E-state index contributed by atoms with van der Waals surface area (Å²) in [6.45, 7) is 0.536. The highest BCUT2D eigenvalue weighted by atomic mass is 35.5. The van der Waals surface area contributed by atoms with Crippen molar-refractivity contribution in [1.82, 2.24) is 0 Å². The predicted octanol–water partition coefficient (Wildman–Crippen LogP) is 1.40. The molecular weight excluding hydrogens is 202 g/mol. The van der Waals surface area contributed by atoms with E-state index in [4.69, 9.17) is 5.73 Å². The fourth-order valence-corrected chi connectivity index (χ4v) is 1.20. The molecule has 0 amide bonds. The summed E-state index contributed by atoms with van der Waals surface area (Å²) in [7, 11) is 1.38. The SMILES string of the molecule is COC(=O)c1ccccc1CCN.Cl. The standard InChI is InChI=1S/C10H13NO2.ClH/c1-13-10(12)9-5-3-2-4-8(9)6-7-11;/h2-5H,6-7,11H2,1H3;1H. The lowest BCUT2D eigenvalue weighted by Gasteiger charge is -2.05. The number of hydrogen-bond donors (Lipinski definition) is 1. The summed E-state index contributed by atoms with van der Waals surface area (Å²) >= 11 is 0. The van der Waals surface area contributed by atoms with Gasteiger partial charge < -0.3 is 10.5 Å². The number of methoxy groups -OCH3 is 1. The minimum atomic E-state index is -0.302. The van der Waals surface area contributed by atoms with Gasteiger partial charge in [-0.25, -0.2) is 4.79 Å². The fraction of sp³-hybridized carbons (Fsp3) is 0.300. The van der Waals surface area contributed by atoms with Crippen molar-refractivity contribution in [2.75, 3.05) is 13.7 Å². The number of benzene rings is 1. The van der Waals surface area contributed by atoms with Crippen LogP contribution in [0.15, 0.2) is 24.3 Å². The molecule has 3 nitrogen and oxygen atoms in total. The molecule has 0 fully saturated rings. The van der Waals surface area contributed by atoms with Gasteiger partial charge in [-0.1, -0.05) is 18.2 Å². The Bertz CT molecular complexity index is 302. The number of esters is 1. The van der Waals surface area contributed by atoms with E-state index in [-0.39, 0.29) is 18.4 Å². The molecule has 0 aliphatic carbocycles. The molecule has 0 atom stereocenters. The topological polar surface area (TPSA) is 52.3 Å². The molecule has 0 saturated carbocycles. The number of rotatable bonds is 3.